The van der Waals surface area contributed by atoms with E-state index >= 15 is 0 Å². The molecule has 3 rings (SSSR count). The SMILES string of the molecule is COC(=O)c1oc2c(cnc3c2c(C)nn3C)c1O. The molecule has 0 saturated heterocycles. The number of fused-ring (bicyclic) bond motifs is 3. The van der Waals surface area contributed by atoms with Crippen LogP contribution in [0.2, 0.25) is 0 Å². The quantitative estimate of drug-likeness (QED) is 0.668. The molecule has 0 aliphatic rings. The number of aromatic hydroxyl groups is 1. The van der Waals surface area contributed by atoms with Crippen molar-refractivity contribution in [3.05, 3.63) is 17.7 Å². The van der Waals surface area contributed by atoms with E-state index in [2.05, 4.69) is 14.8 Å². The number of aryl methyl sites for hydroxylation is 2. The lowest BCUT2D eigenvalue weighted by molar-refractivity contribution is 0.0563. The van der Waals surface area contributed by atoms with E-state index < -0.39 is 5.97 Å². The Morgan fingerprint density at radius 3 is 2.95 bits per heavy atom. The Bertz CT molecular complexity index is 815. The molecule has 7 nitrogen and oxygen atoms in total. The third-order valence-electron chi connectivity index (χ3n) is 3.02. The van der Waals surface area contributed by atoms with Gasteiger partial charge in [-0.15, -0.1) is 0 Å². The van der Waals surface area contributed by atoms with Crippen molar-refractivity contribution in [2.24, 2.45) is 7.05 Å². The second-order valence-corrected chi connectivity index (χ2v) is 4.18. The third-order valence-corrected chi connectivity index (χ3v) is 3.02. The molecule has 7 heteroatoms. The zero-order valence-corrected chi connectivity index (χ0v) is 10.6. The van der Waals surface area contributed by atoms with E-state index in [0.717, 1.165) is 0 Å². The highest BCUT2D eigenvalue weighted by Crippen LogP contribution is 2.36. The van der Waals surface area contributed by atoms with Crippen LogP contribution in [-0.2, 0) is 11.8 Å². The van der Waals surface area contributed by atoms with Gasteiger partial charge in [0.05, 0.1) is 23.6 Å². The van der Waals surface area contributed by atoms with Crippen LogP contribution in [0, 0.1) is 6.92 Å². The Hall–Kier alpha value is -2.57. The summed E-state index contributed by atoms with van der Waals surface area (Å²) in [7, 11) is 2.98. The molecule has 0 atom stereocenters. The average Bonchev–Trinajstić information content (AvgIpc) is 2.87. The molecule has 0 fully saturated rings. The van der Waals surface area contributed by atoms with E-state index in [1.807, 2.05) is 0 Å². The van der Waals surface area contributed by atoms with Gasteiger partial charge in [-0.2, -0.15) is 5.10 Å². The van der Waals surface area contributed by atoms with Gasteiger partial charge in [0.25, 0.3) is 5.76 Å². The van der Waals surface area contributed by atoms with Gasteiger partial charge >= 0.3 is 5.97 Å². The largest absolute Gasteiger partial charge is 0.504 e. The maximum Gasteiger partial charge on any atom is 0.377 e. The number of pyridine rings is 1. The summed E-state index contributed by atoms with van der Waals surface area (Å²) in [5, 5.41) is 15.3. The van der Waals surface area contributed by atoms with Crippen molar-refractivity contribution in [2.75, 3.05) is 7.11 Å². The van der Waals surface area contributed by atoms with Gasteiger partial charge in [0.15, 0.2) is 17.0 Å². The first-order chi connectivity index (χ1) is 9.04. The molecule has 0 spiro atoms. The van der Waals surface area contributed by atoms with Crippen LogP contribution in [0.1, 0.15) is 16.2 Å². The van der Waals surface area contributed by atoms with Crippen LogP contribution in [0.5, 0.6) is 5.75 Å². The Labute approximate surface area is 107 Å². The predicted molar refractivity (Wildman–Crippen MR) is 66.0 cm³/mol. The van der Waals surface area contributed by atoms with Crippen molar-refractivity contribution in [2.45, 2.75) is 6.92 Å². The molecule has 0 unspecified atom stereocenters. The molecule has 0 amide bonds. The number of hydrogen-bond donors (Lipinski definition) is 1. The summed E-state index contributed by atoms with van der Waals surface area (Å²) in [5.74, 6) is -1.22. The fourth-order valence-corrected chi connectivity index (χ4v) is 2.16. The zero-order chi connectivity index (χ0) is 13.7. The van der Waals surface area contributed by atoms with Crippen molar-refractivity contribution in [3.63, 3.8) is 0 Å². The molecule has 0 aliphatic heterocycles. The number of ether oxygens (including phenoxy) is 1. The van der Waals surface area contributed by atoms with Gasteiger partial charge in [-0.05, 0) is 6.92 Å². The lowest BCUT2D eigenvalue weighted by Crippen LogP contribution is -1.98. The lowest BCUT2D eigenvalue weighted by Gasteiger charge is -1.93. The minimum absolute atomic E-state index is 0.227. The smallest absolute Gasteiger partial charge is 0.377 e. The minimum atomic E-state index is -0.733. The topological polar surface area (TPSA) is 90.4 Å². The first-order valence-electron chi connectivity index (χ1n) is 5.56. The minimum Gasteiger partial charge on any atom is -0.504 e. The van der Waals surface area contributed by atoms with Crippen molar-refractivity contribution in [3.8, 4) is 5.75 Å². The molecule has 3 aromatic rings. The van der Waals surface area contributed by atoms with Crippen LogP contribution in [0.4, 0.5) is 0 Å². The van der Waals surface area contributed by atoms with Crippen LogP contribution in [0.25, 0.3) is 22.0 Å². The van der Waals surface area contributed by atoms with E-state index in [-0.39, 0.29) is 11.5 Å². The third kappa shape index (κ3) is 1.41. The maximum absolute atomic E-state index is 11.5. The Morgan fingerprint density at radius 1 is 1.53 bits per heavy atom. The number of methoxy groups -OCH3 is 1. The second-order valence-electron chi connectivity index (χ2n) is 4.18. The Morgan fingerprint density at radius 2 is 2.26 bits per heavy atom. The molecular formula is C12H11N3O4. The van der Waals surface area contributed by atoms with Gasteiger partial charge in [0.2, 0.25) is 0 Å². The summed E-state index contributed by atoms with van der Waals surface area (Å²) >= 11 is 0. The fourth-order valence-electron chi connectivity index (χ4n) is 2.16. The summed E-state index contributed by atoms with van der Waals surface area (Å²) in [6.45, 7) is 1.81. The van der Waals surface area contributed by atoms with E-state index in [1.165, 1.54) is 13.3 Å². The maximum atomic E-state index is 11.5. The molecule has 98 valence electrons. The van der Waals surface area contributed by atoms with E-state index in [4.69, 9.17) is 4.42 Å². The van der Waals surface area contributed by atoms with E-state index in [1.54, 1.807) is 18.7 Å². The number of carbonyl (C=O) groups is 1. The van der Waals surface area contributed by atoms with Gasteiger partial charge in [-0.25, -0.2) is 9.78 Å². The van der Waals surface area contributed by atoms with Crippen molar-refractivity contribution < 1.29 is 19.1 Å². The average molecular weight is 261 g/mol. The van der Waals surface area contributed by atoms with Crippen molar-refractivity contribution in [1.82, 2.24) is 14.8 Å². The van der Waals surface area contributed by atoms with E-state index in [0.29, 0.717) is 27.7 Å². The summed E-state index contributed by atoms with van der Waals surface area (Å²) in [4.78, 5) is 15.7. The number of aromatic nitrogens is 3. The second kappa shape index (κ2) is 3.71. The number of furan rings is 1. The monoisotopic (exact) mass is 261 g/mol. The molecule has 0 bridgehead atoms. The summed E-state index contributed by atoms with van der Waals surface area (Å²) in [6.07, 6.45) is 1.45. The highest BCUT2D eigenvalue weighted by molar-refractivity contribution is 6.08. The molecule has 0 radical (unpaired) electrons. The Kier molecular flexibility index (Phi) is 2.25. The van der Waals surface area contributed by atoms with Crippen LogP contribution >= 0.6 is 0 Å². The Balaban J connectivity index is 2.46. The van der Waals surface area contributed by atoms with Crippen molar-refractivity contribution >= 4 is 28.0 Å². The highest BCUT2D eigenvalue weighted by Gasteiger charge is 2.24. The van der Waals surface area contributed by atoms with Gasteiger partial charge in [-0.3, -0.25) is 4.68 Å². The molecule has 19 heavy (non-hydrogen) atoms. The molecule has 3 heterocycles. The standard InChI is InChI=1S/C12H11N3O4/c1-5-7-9-6(4-13-11(7)15(2)14-5)8(16)10(19-9)12(17)18-3/h4,16H,1-3H3. The number of nitrogens with zero attached hydrogens (tertiary/aromatic N) is 3. The van der Waals surface area contributed by atoms with Crippen molar-refractivity contribution in [1.29, 1.82) is 0 Å². The predicted octanol–water partition coefficient (Wildman–Crippen LogP) is 1.52. The first-order valence-corrected chi connectivity index (χ1v) is 5.56. The zero-order valence-electron chi connectivity index (χ0n) is 10.6. The highest BCUT2D eigenvalue weighted by atomic mass is 16.5. The fraction of sp³-hybridized carbons (Fsp3) is 0.250. The van der Waals surface area contributed by atoms with Gasteiger partial charge < -0.3 is 14.3 Å². The molecule has 1 N–H and O–H groups in total. The molecule has 0 aliphatic carbocycles. The number of esters is 1. The normalized spacial score (nSPS) is 11.3. The number of hydrogen-bond acceptors (Lipinski definition) is 6. The van der Waals surface area contributed by atoms with Crippen LogP contribution in [0.3, 0.4) is 0 Å². The molecule has 0 saturated carbocycles. The molecule has 0 aromatic carbocycles. The molecular weight excluding hydrogens is 250 g/mol. The van der Waals surface area contributed by atoms with Crippen LogP contribution in [0.15, 0.2) is 10.6 Å². The number of rotatable bonds is 1. The van der Waals surface area contributed by atoms with Crippen LogP contribution in [-0.4, -0.2) is 33.0 Å². The van der Waals surface area contributed by atoms with Gasteiger partial charge in [0, 0.05) is 13.2 Å². The summed E-state index contributed by atoms with van der Waals surface area (Å²) in [6, 6.07) is 0. The molecule has 3 aromatic heterocycles. The lowest BCUT2D eigenvalue weighted by atomic mass is 10.2. The van der Waals surface area contributed by atoms with Gasteiger partial charge in [-0.1, -0.05) is 0 Å². The number of carbonyl (C=O) groups excluding carboxylic acids is 1. The summed E-state index contributed by atoms with van der Waals surface area (Å²) in [5.41, 5.74) is 1.71. The van der Waals surface area contributed by atoms with Crippen LogP contribution < -0.4 is 0 Å². The van der Waals surface area contributed by atoms with E-state index in [9.17, 15) is 9.90 Å². The summed E-state index contributed by atoms with van der Waals surface area (Å²) < 4.78 is 11.6. The first kappa shape index (κ1) is 11.5. The van der Waals surface area contributed by atoms with Gasteiger partial charge in [0.1, 0.15) is 0 Å².